The Morgan fingerprint density at radius 1 is 0.370 bits per heavy atom. The lowest BCUT2D eigenvalue weighted by molar-refractivity contribution is 0.582. The van der Waals surface area contributed by atoms with Gasteiger partial charge >= 0.3 is 7.44 Å². The van der Waals surface area contributed by atoms with E-state index in [-0.39, 0.29) is 0 Å². The predicted molar refractivity (Wildman–Crippen MR) is 187 cm³/mol. The lowest BCUT2D eigenvalue weighted by Crippen LogP contribution is -2.26. The summed E-state index contributed by atoms with van der Waals surface area (Å²) in [6.45, 7) is 0. The molecule has 0 radical (unpaired) electrons. The van der Waals surface area contributed by atoms with Gasteiger partial charge in [-0.05, 0) is 48.5 Å². The lowest BCUT2D eigenvalue weighted by atomic mass is 10.1. The van der Waals surface area contributed by atoms with Gasteiger partial charge in [-0.3, -0.25) is 13.9 Å². The summed E-state index contributed by atoms with van der Waals surface area (Å²) in [5.74, 6) is 1.74. The Labute approximate surface area is 267 Å². The molecular formula is C39H28N5OP. The average molecular weight is 614 g/mol. The summed E-state index contributed by atoms with van der Waals surface area (Å²) in [5.41, 5.74) is 6.12. The molecule has 7 heteroatoms. The maximum absolute atomic E-state index is 15.9. The summed E-state index contributed by atoms with van der Waals surface area (Å²) >= 11 is 0. The van der Waals surface area contributed by atoms with Crippen molar-refractivity contribution in [1.29, 1.82) is 0 Å². The Morgan fingerprint density at radius 2 is 0.696 bits per heavy atom. The maximum atomic E-state index is 15.9. The number of aromatic nitrogens is 3. The van der Waals surface area contributed by atoms with Crippen LogP contribution < -0.4 is 14.6 Å². The summed E-state index contributed by atoms with van der Waals surface area (Å²) in [6.07, 6.45) is 0. The molecule has 0 atom stereocenters. The molecule has 0 N–H and O–H groups in total. The van der Waals surface area contributed by atoms with Crippen LogP contribution in [0.15, 0.2) is 170 Å². The van der Waals surface area contributed by atoms with Gasteiger partial charge in [0.2, 0.25) is 0 Å². The quantitative estimate of drug-likeness (QED) is 0.174. The summed E-state index contributed by atoms with van der Waals surface area (Å²) < 4.78 is 19.9. The molecular weight excluding hydrogens is 585 g/mol. The van der Waals surface area contributed by atoms with Gasteiger partial charge in [-0.2, -0.15) is 0 Å². The second kappa shape index (κ2) is 11.6. The normalized spacial score (nSPS) is 13.4. The largest absolute Gasteiger partial charge is 0.301 e. The average Bonchev–Trinajstić information content (AvgIpc) is 3.42. The van der Waals surface area contributed by atoms with E-state index in [2.05, 4.69) is 0 Å². The van der Waals surface area contributed by atoms with Crippen molar-refractivity contribution in [3.8, 4) is 34.2 Å². The van der Waals surface area contributed by atoms with Crippen molar-refractivity contribution in [3.05, 3.63) is 170 Å². The Bertz CT molecular complexity index is 2050. The van der Waals surface area contributed by atoms with E-state index in [0.29, 0.717) is 22.8 Å². The molecule has 7 aromatic rings. The Balaban J connectivity index is 1.28. The third kappa shape index (κ3) is 4.76. The number of hydrogen-bond acceptors (Lipinski definition) is 4. The molecule has 0 saturated heterocycles. The second-order valence-corrected chi connectivity index (χ2v) is 13.3. The molecule has 0 aliphatic carbocycles. The topological polar surface area (TPSA) is 62.2 Å². The lowest BCUT2D eigenvalue weighted by Gasteiger charge is -2.33. The van der Waals surface area contributed by atoms with E-state index in [9.17, 15) is 0 Å². The molecule has 1 aliphatic rings. The minimum atomic E-state index is -3.48. The van der Waals surface area contributed by atoms with E-state index in [1.807, 2.05) is 179 Å². The fourth-order valence-electron chi connectivity index (χ4n) is 5.91. The molecule has 2 heterocycles. The van der Waals surface area contributed by atoms with E-state index in [4.69, 9.17) is 15.0 Å². The van der Waals surface area contributed by atoms with Crippen molar-refractivity contribution in [2.45, 2.75) is 0 Å². The predicted octanol–water partition coefficient (Wildman–Crippen LogP) is 9.68. The van der Waals surface area contributed by atoms with Crippen LogP contribution >= 0.6 is 7.44 Å². The van der Waals surface area contributed by atoms with Crippen LogP contribution in [-0.4, -0.2) is 15.0 Å². The summed E-state index contributed by atoms with van der Waals surface area (Å²) in [7, 11) is -3.48. The number of hydrogen-bond donors (Lipinski definition) is 0. The summed E-state index contributed by atoms with van der Waals surface area (Å²) in [4.78, 5) is 14.6. The fourth-order valence-corrected chi connectivity index (χ4v) is 8.90. The van der Waals surface area contributed by atoms with Crippen molar-refractivity contribution < 1.29 is 4.57 Å². The molecule has 46 heavy (non-hydrogen) atoms. The summed E-state index contributed by atoms with van der Waals surface area (Å²) in [5, 5.41) is 0.695. The fraction of sp³-hybridized carbons (Fsp3) is 0. The number of benzene rings is 6. The van der Waals surface area contributed by atoms with Gasteiger partial charge in [-0.1, -0.05) is 121 Å². The maximum Gasteiger partial charge on any atom is 0.301 e. The van der Waals surface area contributed by atoms with Crippen LogP contribution in [0.1, 0.15) is 0 Å². The van der Waals surface area contributed by atoms with Crippen LogP contribution in [0, 0.1) is 0 Å². The van der Waals surface area contributed by atoms with Crippen LogP contribution in [-0.2, 0) is 4.57 Å². The number of rotatable bonds is 6. The molecule has 0 bridgehead atoms. The minimum Gasteiger partial charge on any atom is -0.270 e. The molecule has 0 unspecified atom stereocenters. The number of nitrogens with zero attached hydrogens (tertiary/aromatic N) is 5. The van der Waals surface area contributed by atoms with Gasteiger partial charge in [-0.15, -0.1) is 0 Å². The smallest absolute Gasteiger partial charge is 0.270 e. The Kier molecular flexibility index (Phi) is 6.97. The van der Waals surface area contributed by atoms with Crippen molar-refractivity contribution in [1.82, 2.24) is 15.0 Å². The van der Waals surface area contributed by atoms with E-state index >= 15 is 4.57 Å². The first-order valence-corrected chi connectivity index (χ1v) is 16.7. The van der Waals surface area contributed by atoms with Gasteiger partial charge in [0, 0.05) is 28.1 Å². The molecule has 1 aliphatic heterocycles. The van der Waals surface area contributed by atoms with E-state index in [1.165, 1.54) is 0 Å². The highest BCUT2D eigenvalue weighted by Gasteiger charge is 2.48. The van der Waals surface area contributed by atoms with E-state index < -0.39 is 7.44 Å². The molecule has 0 amide bonds. The third-order valence-corrected chi connectivity index (χ3v) is 11.0. The zero-order valence-electron chi connectivity index (χ0n) is 24.8. The van der Waals surface area contributed by atoms with E-state index in [1.54, 1.807) is 0 Å². The first kappa shape index (κ1) is 27.7. The van der Waals surface area contributed by atoms with Gasteiger partial charge in [0.1, 0.15) is 0 Å². The minimum absolute atomic E-state index is 0.548. The molecule has 220 valence electrons. The standard InChI is InChI=1S/C39H28N5OP/c45-46(43(32-19-9-3-10-20-32)35-23-13-14-24-36(35)44(46)33-21-11-4-12-22-33)34-27-25-31(26-28-34)39-41-37(29-15-5-1-6-16-29)40-38(42-39)30-17-7-2-8-18-30/h1-28H. The van der Waals surface area contributed by atoms with Crippen molar-refractivity contribution in [3.63, 3.8) is 0 Å². The van der Waals surface area contributed by atoms with Crippen LogP contribution in [0.25, 0.3) is 34.2 Å². The van der Waals surface area contributed by atoms with Gasteiger partial charge in [0.15, 0.2) is 17.5 Å². The zero-order valence-corrected chi connectivity index (χ0v) is 25.7. The van der Waals surface area contributed by atoms with Gasteiger partial charge < -0.3 is 0 Å². The monoisotopic (exact) mass is 613 g/mol. The molecule has 6 aromatic carbocycles. The van der Waals surface area contributed by atoms with Crippen LogP contribution in [0.3, 0.4) is 0 Å². The van der Waals surface area contributed by atoms with Crippen LogP contribution in [0.2, 0.25) is 0 Å². The number of anilines is 4. The highest BCUT2D eigenvalue weighted by molar-refractivity contribution is 7.76. The molecule has 0 fully saturated rings. The Hall–Kier alpha value is -5.84. The highest BCUT2D eigenvalue weighted by Crippen LogP contribution is 2.69. The first-order valence-electron chi connectivity index (χ1n) is 15.1. The SMILES string of the molecule is O=P1(c2ccc(-c3nc(-c4ccccc4)nc(-c4ccccc4)n3)cc2)N(c2ccccc2)c2ccccc2N1c1ccccc1. The van der Waals surface area contributed by atoms with Gasteiger partial charge in [-0.25, -0.2) is 15.0 Å². The summed E-state index contributed by atoms with van der Waals surface area (Å²) in [6, 6.07) is 55.6. The second-order valence-electron chi connectivity index (χ2n) is 10.9. The van der Waals surface area contributed by atoms with Crippen LogP contribution in [0.5, 0.6) is 0 Å². The molecule has 0 spiro atoms. The molecule has 6 nitrogen and oxygen atoms in total. The van der Waals surface area contributed by atoms with Crippen molar-refractivity contribution in [2.24, 2.45) is 0 Å². The van der Waals surface area contributed by atoms with Gasteiger partial charge in [0.05, 0.1) is 16.7 Å². The number of para-hydroxylation sites is 4. The molecule has 8 rings (SSSR count). The highest BCUT2D eigenvalue weighted by atomic mass is 31.2. The van der Waals surface area contributed by atoms with Crippen molar-refractivity contribution >= 4 is 35.5 Å². The molecule has 1 aromatic heterocycles. The molecule has 0 saturated carbocycles. The van der Waals surface area contributed by atoms with Gasteiger partial charge in [0.25, 0.3) is 0 Å². The first-order chi connectivity index (χ1) is 22.7. The van der Waals surface area contributed by atoms with Crippen molar-refractivity contribution in [2.75, 3.05) is 9.34 Å². The number of fused-ring (bicyclic) bond motifs is 1. The van der Waals surface area contributed by atoms with Crippen LogP contribution in [0.4, 0.5) is 22.7 Å². The third-order valence-electron chi connectivity index (χ3n) is 8.04. The zero-order chi connectivity index (χ0) is 30.9. The Morgan fingerprint density at radius 3 is 1.09 bits per heavy atom. The van der Waals surface area contributed by atoms with E-state index in [0.717, 1.165) is 39.4 Å².